The number of fused-ring (bicyclic) bond motifs is 6. The summed E-state index contributed by atoms with van der Waals surface area (Å²) in [7, 11) is 0. The Labute approximate surface area is 150 Å². The molecule has 0 aromatic carbocycles. The van der Waals surface area contributed by atoms with Crippen LogP contribution in [0.3, 0.4) is 0 Å². The highest BCUT2D eigenvalue weighted by molar-refractivity contribution is 5.91. The van der Waals surface area contributed by atoms with E-state index in [-0.39, 0.29) is 23.0 Å². The average molecular weight is 346 g/mol. The molecule has 4 heteroatoms. The summed E-state index contributed by atoms with van der Waals surface area (Å²) in [4.78, 5) is 26.1. The molecule has 2 unspecified atom stereocenters. The van der Waals surface area contributed by atoms with E-state index in [1.165, 1.54) is 6.42 Å². The van der Waals surface area contributed by atoms with Crippen LogP contribution >= 0.6 is 0 Å². The van der Waals surface area contributed by atoms with E-state index < -0.39 is 0 Å². The SMILES string of the molecule is C[C@]12C(=O)C3OCCOC3C[C@@H]1CC[C@@H]1[C@@H]2CC[C@]2(C)C(=O)CC[C@@H]12. The number of Topliss-reactive ketones (excluding diaryl/α,β-unsaturated/α-hetero) is 2. The third-order valence-corrected chi connectivity index (χ3v) is 8.97. The molecule has 0 amide bonds. The molecule has 4 nitrogen and oxygen atoms in total. The molecule has 138 valence electrons. The summed E-state index contributed by atoms with van der Waals surface area (Å²) < 4.78 is 11.8. The fourth-order valence-corrected chi connectivity index (χ4v) is 7.54. The lowest BCUT2D eigenvalue weighted by Crippen LogP contribution is -2.63. The molecule has 0 spiro atoms. The first kappa shape index (κ1) is 16.4. The van der Waals surface area contributed by atoms with Crippen molar-refractivity contribution in [2.24, 2.45) is 34.5 Å². The molecule has 1 heterocycles. The predicted octanol–water partition coefficient (Wildman–Crippen LogP) is 3.17. The van der Waals surface area contributed by atoms with E-state index in [2.05, 4.69) is 13.8 Å². The molecule has 4 saturated carbocycles. The summed E-state index contributed by atoms with van der Waals surface area (Å²) in [6.45, 7) is 5.59. The number of ether oxygens (including phenoxy) is 2. The highest BCUT2D eigenvalue weighted by Gasteiger charge is 2.64. The molecule has 4 aliphatic carbocycles. The maximum absolute atomic E-state index is 13.5. The summed E-state index contributed by atoms with van der Waals surface area (Å²) in [5.41, 5.74) is -0.396. The van der Waals surface area contributed by atoms with Crippen molar-refractivity contribution in [1.82, 2.24) is 0 Å². The molecule has 5 aliphatic rings. The van der Waals surface area contributed by atoms with Crippen molar-refractivity contribution < 1.29 is 19.1 Å². The summed E-state index contributed by atoms with van der Waals surface area (Å²) in [5, 5.41) is 0. The number of rotatable bonds is 0. The van der Waals surface area contributed by atoms with Gasteiger partial charge in [-0.1, -0.05) is 13.8 Å². The molecular weight excluding hydrogens is 316 g/mol. The molecule has 1 aliphatic heterocycles. The topological polar surface area (TPSA) is 52.6 Å². The minimum atomic E-state index is -0.354. The van der Waals surface area contributed by atoms with Crippen molar-refractivity contribution in [3.63, 3.8) is 0 Å². The number of carbonyl (C=O) groups is 2. The molecule has 0 N–H and O–H groups in total. The van der Waals surface area contributed by atoms with Crippen molar-refractivity contribution in [2.45, 2.75) is 71.0 Å². The zero-order valence-corrected chi connectivity index (χ0v) is 15.5. The Morgan fingerprint density at radius 1 is 0.960 bits per heavy atom. The average Bonchev–Trinajstić information content (AvgIpc) is 2.92. The number of hydrogen-bond acceptors (Lipinski definition) is 4. The van der Waals surface area contributed by atoms with Gasteiger partial charge in [-0.3, -0.25) is 9.59 Å². The van der Waals surface area contributed by atoms with Crippen molar-refractivity contribution in [3.05, 3.63) is 0 Å². The van der Waals surface area contributed by atoms with Crippen molar-refractivity contribution in [2.75, 3.05) is 13.2 Å². The fraction of sp³-hybridized carbons (Fsp3) is 0.905. The van der Waals surface area contributed by atoms with Gasteiger partial charge in [-0.25, -0.2) is 0 Å². The lowest BCUT2D eigenvalue weighted by Gasteiger charge is -2.60. The molecule has 25 heavy (non-hydrogen) atoms. The molecule has 8 atom stereocenters. The number of ketones is 2. The minimum absolute atomic E-state index is 0.0298. The normalized spacial score (nSPS) is 55.1. The van der Waals surface area contributed by atoms with Crippen LogP contribution in [0.25, 0.3) is 0 Å². The van der Waals surface area contributed by atoms with Crippen LogP contribution in [0.5, 0.6) is 0 Å². The number of hydrogen-bond donors (Lipinski definition) is 0. The molecular formula is C21H30O4. The summed E-state index contributed by atoms with van der Waals surface area (Å²) >= 11 is 0. The highest BCUT2D eigenvalue weighted by Crippen LogP contribution is 2.65. The maximum Gasteiger partial charge on any atom is 0.170 e. The van der Waals surface area contributed by atoms with Gasteiger partial charge in [-0.05, 0) is 62.2 Å². The predicted molar refractivity (Wildman–Crippen MR) is 92.0 cm³/mol. The van der Waals surface area contributed by atoms with Gasteiger partial charge in [-0.2, -0.15) is 0 Å². The smallest absolute Gasteiger partial charge is 0.170 e. The third kappa shape index (κ3) is 2.01. The zero-order valence-electron chi connectivity index (χ0n) is 15.5. The summed E-state index contributed by atoms with van der Waals surface area (Å²) in [6.07, 6.45) is 6.67. The molecule has 5 fully saturated rings. The first-order valence-electron chi connectivity index (χ1n) is 10.3. The maximum atomic E-state index is 13.5. The van der Waals surface area contributed by atoms with Crippen LogP contribution in [-0.2, 0) is 19.1 Å². The van der Waals surface area contributed by atoms with Crippen molar-refractivity contribution in [1.29, 1.82) is 0 Å². The Morgan fingerprint density at radius 2 is 1.76 bits per heavy atom. The highest BCUT2D eigenvalue weighted by atomic mass is 16.6. The second kappa shape index (κ2) is 5.39. The van der Waals surface area contributed by atoms with Crippen LogP contribution in [0.2, 0.25) is 0 Å². The Bertz CT molecular complexity index is 615. The van der Waals surface area contributed by atoms with E-state index in [1.807, 2.05) is 0 Å². The van der Waals surface area contributed by atoms with Crippen LogP contribution < -0.4 is 0 Å². The van der Waals surface area contributed by atoms with E-state index in [1.54, 1.807) is 0 Å². The van der Waals surface area contributed by atoms with Gasteiger partial charge < -0.3 is 9.47 Å². The van der Waals surface area contributed by atoms with Crippen LogP contribution in [0.4, 0.5) is 0 Å². The van der Waals surface area contributed by atoms with E-state index in [0.29, 0.717) is 48.5 Å². The minimum Gasteiger partial charge on any atom is -0.373 e. The first-order chi connectivity index (χ1) is 12.0. The van der Waals surface area contributed by atoms with Crippen LogP contribution in [-0.4, -0.2) is 37.0 Å². The number of carbonyl (C=O) groups excluding carboxylic acids is 2. The van der Waals surface area contributed by atoms with Gasteiger partial charge in [0.1, 0.15) is 11.9 Å². The fourth-order valence-electron chi connectivity index (χ4n) is 7.54. The quantitative estimate of drug-likeness (QED) is 0.676. The monoisotopic (exact) mass is 346 g/mol. The van der Waals surface area contributed by atoms with Crippen LogP contribution in [0.1, 0.15) is 58.8 Å². The third-order valence-electron chi connectivity index (χ3n) is 8.97. The molecule has 0 radical (unpaired) electrons. The summed E-state index contributed by atoms with van der Waals surface area (Å²) in [5.74, 6) is 2.65. The van der Waals surface area contributed by atoms with Gasteiger partial charge in [0.05, 0.1) is 19.3 Å². The van der Waals surface area contributed by atoms with E-state index >= 15 is 0 Å². The standard InChI is InChI=1S/C21H30O4/c1-20-8-7-15-13(14(20)5-6-17(20)22)4-3-12-11-16-18(25-10-9-24-16)19(23)21(12,15)2/h12-16,18H,3-11H2,1-2H3/t12-,13-,14-,15-,16?,18?,20-,21-/m0/s1. The van der Waals surface area contributed by atoms with Crippen LogP contribution in [0.15, 0.2) is 0 Å². The van der Waals surface area contributed by atoms with Crippen molar-refractivity contribution >= 4 is 11.6 Å². The van der Waals surface area contributed by atoms with Crippen LogP contribution in [0, 0.1) is 34.5 Å². The van der Waals surface area contributed by atoms with E-state index in [9.17, 15) is 9.59 Å². The van der Waals surface area contributed by atoms with E-state index in [4.69, 9.17) is 9.47 Å². The lowest BCUT2D eigenvalue weighted by molar-refractivity contribution is -0.208. The second-order valence-electron chi connectivity index (χ2n) is 9.65. The lowest BCUT2D eigenvalue weighted by atomic mass is 9.44. The molecule has 5 rings (SSSR count). The molecule has 0 aromatic heterocycles. The van der Waals surface area contributed by atoms with Gasteiger partial charge >= 0.3 is 0 Å². The van der Waals surface area contributed by atoms with E-state index in [0.717, 1.165) is 38.5 Å². The Kier molecular flexibility index (Phi) is 3.54. The largest absolute Gasteiger partial charge is 0.373 e. The zero-order chi connectivity index (χ0) is 17.4. The first-order valence-corrected chi connectivity index (χ1v) is 10.3. The van der Waals surface area contributed by atoms with Gasteiger partial charge in [0, 0.05) is 17.3 Å². The second-order valence-corrected chi connectivity index (χ2v) is 9.65. The van der Waals surface area contributed by atoms with Gasteiger partial charge in [0.15, 0.2) is 5.78 Å². The Morgan fingerprint density at radius 3 is 2.60 bits per heavy atom. The van der Waals surface area contributed by atoms with Gasteiger partial charge in [0.2, 0.25) is 0 Å². The molecule has 1 saturated heterocycles. The molecule has 0 aromatic rings. The van der Waals surface area contributed by atoms with Gasteiger partial charge in [-0.15, -0.1) is 0 Å². The van der Waals surface area contributed by atoms with Gasteiger partial charge in [0.25, 0.3) is 0 Å². The Balaban J connectivity index is 1.49. The Hall–Kier alpha value is -0.740. The summed E-state index contributed by atoms with van der Waals surface area (Å²) in [6, 6.07) is 0. The molecule has 0 bridgehead atoms. The van der Waals surface area contributed by atoms with Crippen molar-refractivity contribution in [3.8, 4) is 0 Å².